The molecule has 0 spiro atoms. The number of hydrogen-bond donors (Lipinski definition) is 2. The van der Waals surface area contributed by atoms with E-state index < -0.39 is 18.0 Å². The average molecular weight is 589 g/mol. The second-order valence-corrected chi connectivity index (χ2v) is 9.49. The van der Waals surface area contributed by atoms with Crippen molar-refractivity contribution in [3.8, 4) is 23.1 Å². The number of β-amino-alcohol motifs (C(OH)–C–C–N with tert-alkyl or cyclic N) is 1. The zero-order valence-electron chi connectivity index (χ0n) is 22.9. The van der Waals surface area contributed by atoms with Crippen LogP contribution in [-0.2, 0) is 4.79 Å². The van der Waals surface area contributed by atoms with E-state index in [2.05, 4.69) is 30.0 Å². The molecule has 2 N–H and O–H groups in total. The van der Waals surface area contributed by atoms with Crippen LogP contribution in [0.5, 0.6) is 23.1 Å². The Morgan fingerprint density at radius 1 is 1.05 bits per heavy atom. The van der Waals surface area contributed by atoms with Crippen LogP contribution in [0.15, 0.2) is 30.3 Å². The lowest BCUT2D eigenvalue weighted by atomic mass is 10.1. The number of alkyl halides is 3. The van der Waals surface area contributed by atoms with Gasteiger partial charge in [0.2, 0.25) is 17.8 Å². The first-order chi connectivity index (χ1) is 20.0. The highest BCUT2D eigenvalue weighted by Gasteiger charge is 2.42. The number of anilines is 2. The van der Waals surface area contributed by atoms with Crippen molar-refractivity contribution in [2.45, 2.75) is 25.6 Å². The largest absolute Gasteiger partial charge is 0.497 e. The topological polar surface area (TPSA) is 141 Å². The van der Waals surface area contributed by atoms with Crippen molar-refractivity contribution in [2.24, 2.45) is 0 Å². The molecule has 1 fully saturated rings. The molecule has 0 aliphatic carbocycles. The molecule has 15 heteroatoms. The van der Waals surface area contributed by atoms with Gasteiger partial charge in [0.1, 0.15) is 29.4 Å². The normalized spacial score (nSPS) is 15.6. The quantitative estimate of drug-likeness (QED) is 0.276. The Balaban J connectivity index is 1.46. The summed E-state index contributed by atoms with van der Waals surface area (Å²) in [5.41, 5.74) is 1.17. The Hall–Kier alpha value is -4.50. The van der Waals surface area contributed by atoms with Gasteiger partial charge in [0.05, 0.1) is 36.9 Å². The molecule has 12 nitrogen and oxygen atoms in total. The van der Waals surface area contributed by atoms with Crippen molar-refractivity contribution < 1.29 is 42.0 Å². The third-order valence-electron chi connectivity index (χ3n) is 6.59. The van der Waals surface area contributed by atoms with Crippen LogP contribution in [0.2, 0.25) is 0 Å². The van der Waals surface area contributed by atoms with Gasteiger partial charge in [-0.05, 0) is 37.6 Å². The highest BCUT2D eigenvalue weighted by molar-refractivity contribution is 5.90. The Bertz CT molecular complexity index is 1640. The average Bonchev–Trinajstić information content (AvgIpc) is 3.37. The van der Waals surface area contributed by atoms with E-state index in [0.717, 1.165) is 6.54 Å². The standard InChI is InChI=1S/C27H27F3N6O6/c1-14-18-11-17(39-2)12-21(40-3)22(18)33-25(31-14)35-26-32-20-5-4-16(41-9-8-36-7-6-15(37)13-36)10-19(20)23(34-26)42-24(38)27(28,29)30/h4-5,10-12,15,37H,6-9,13H2,1-3H3,(H,31,32,33,34,35). The first-order valence-corrected chi connectivity index (χ1v) is 12.9. The van der Waals surface area contributed by atoms with Gasteiger partial charge in [0.25, 0.3) is 0 Å². The van der Waals surface area contributed by atoms with Crippen LogP contribution in [0.3, 0.4) is 0 Å². The minimum absolute atomic E-state index is 0.0246. The maximum Gasteiger partial charge on any atom is 0.491 e. The number of methoxy groups -OCH3 is 2. The molecule has 42 heavy (non-hydrogen) atoms. The molecule has 0 saturated carbocycles. The molecule has 0 amide bonds. The van der Waals surface area contributed by atoms with Crippen LogP contribution in [0.25, 0.3) is 21.8 Å². The molecule has 0 bridgehead atoms. The summed E-state index contributed by atoms with van der Waals surface area (Å²) >= 11 is 0. The number of aliphatic hydroxyl groups excluding tert-OH is 1. The molecule has 2 aromatic heterocycles. The summed E-state index contributed by atoms with van der Waals surface area (Å²) in [5, 5.41) is 13.1. The van der Waals surface area contributed by atoms with Gasteiger partial charge in [-0.1, -0.05) is 0 Å². The summed E-state index contributed by atoms with van der Waals surface area (Å²) in [6.07, 6.45) is -4.94. The van der Waals surface area contributed by atoms with Crippen molar-refractivity contribution >= 4 is 39.7 Å². The predicted molar refractivity (Wildman–Crippen MR) is 144 cm³/mol. The number of aliphatic hydroxyl groups is 1. The zero-order valence-corrected chi connectivity index (χ0v) is 22.9. The minimum atomic E-state index is -5.25. The van der Waals surface area contributed by atoms with Crippen molar-refractivity contribution in [2.75, 3.05) is 45.8 Å². The third kappa shape index (κ3) is 6.36. The number of halogens is 3. The van der Waals surface area contributed by atoms with Crippen LogP contribution in [0, 0.1) is 6.92 Å². The molecular formula is C27H27F3N6O6. The number of nitrogens with zero attached hydrogens (tertiary/aromatic N) is 5. The Morgan fingerprint density at radius 2 is 1.81 bits per heavy atom. The highest BCUT2D eigenvalue weighted by Crippen LogP contribution is 2.33. The Labute approximate surface area is 237 Å². The number of nitrogens with one attached hydrogen (secondary N) is 1. The second kappa shape index (κ2) is 11.8. The van der Waals surface area contributed by atoms with Crippen LogP contribution in [0.1, 0.15) is 12.1 Å². The predicted octanol–water partition coefficient (Wildman–Crippen LogP) is 3.56. The summed E-state index contributed by atoms with van der Waals surface area (Å²) in [6, 6.07) is 7.87. The number of ether oxygens (including phenoxy) is 4. The number of aromatic nitrogens is 4. The smallest absolute Gasteiger partial charge is 0.491 e. The van der Waals surface area contributed by atoms with E-state index in [1.165, 1.54) is 26.4 Å². The first-order valence-electron chi connectivity index (χ1n) is 12.9. The fraction of sp³-hybridized carbons (Fsp3) is 0.370. The van der Waals surface area contributed by atoms with Crippen LogP contribution < -0.4 is 24.3 Å². The van der Waals surface area contributed by atoms with Crippen molar-refractivity contribution in [3.63, 3.8) is 0 Å². The highest BCUT2D eigenvalue weighted by atomic mass is 19.4. The Morgan fingerprint density at radius 3 is 2.50 bits per heavy atom. The number of esters is 1. The van der Waals surface area contributed by atoms with Gasteiger partial charge < -0.3 is 24.1 Å². The molecule has 1 aliphatic heterocycles. The molecule has 1 atom stereocenters. The van der Waals surface area contributed by atoms with Crippen molar-refractivity contribution in [1.82, 2.24) is 24.8 Å². The lowest BCUT2D eigenvalue weighted by molar-refractivity contribution is -0.189. The van der Waals surface area contributed by atoms with E-state index in [-0.39, 0.29) is 35.5 Å². The van der Waals surface area contributed by atoms with E-state index in [0.29, 0.717) is 53.4 Å². The number of fused-ring (bicyclic) bond motifs is 2. The zero-order chi connectivity index (χ0) is 30.0. The van der Waals surface area contributed by atoms with Crippen LogP contribution in [-0.4, -0.2) is 88.7 Å². The molecule has 3 heterocycles. The molecule has 2 aromatic carbocycles. The first kappa shape index (κ1) is 29.0. The number of carbonyl (C=O) groups excluding carboxylic acids is 1. The SMILES string of the molecule is COc1cc(OC)c2nc(Nc3nc(OC(=O)C(F)(F)F)c4cc(OCCN5CCC(O)C5)ccc4n3)nc(C)c2c1. The van der Waals surface area contributed by atoms with E-state index in [9.17, 15) is 23.1 Å². The van der Waals surface area contributed by atoms with Gasteiger partial charge in [0.15, 0.2) is 0 Å². The monoisotopic (exact) mass is 588 g/mol. The van der Waals surface area contributed by atoms with Gasteiger partial charge in [-0.15, -0.1) is 0 Å². The molecule has 0 radical (unpaired) electrons. The summed E-state index contributed by atoms with van der Waals surface area (Å²) in [5.74, 6) is -1.99. The lowest BCUT2D eigenvalue weighted by Crippen LogP contribution is -2.28. The molecule has 1 saturated heterocycles. The number of benzene rings is 2. The fourth-order valence-electron chi connectivity index (χ4n) is 4.51. The van der Waals surface area contributed by atoms with Crippen LogP contribution >= 0.6 is 0 Å². The summed E-state index contributed by atoms with van der Waals surface area (Å²) in [7, 11) is 2.99. The summed E-state index contributed by atoms with van der Waals surface area (Å²) in [6.45, 7) is 3.84. The molecule has 5 rings (SSSR count). The maximum absolute atomic E-state index is 13.1. The summed E-state index contributed by atoms with van der Waals surface area (Å²) < 4.78 is 60.5. The lowest BCUT2D eigenvalue weighted by Gasteiger charge is -2.16. The Kier molecular flexibility index (Phi) is 8.13. The number of rotatable bonds is 9. The van der Waals surface area contributed by atoms with Gasteiger partial charge in [-0.2, -0.15) is 18.2 Å². The number of carbonyl (C=O) groups is 1. The number of likely N-dealkylation sites (tertiary alicyclic amines) is 1. The van der Waals surface area contributed by atoms with E-state index in [4.69, 9.17) is 14.2 Å². The van der Waals surface area contributed by atoms with Gasteiger partial charge in [-0.3, -0.25) is 10.2 Å². The van der Waals surface area contributed by atoms with E-state index in [1.54, 1.807) is 25.1 Å². The second-order valence-electron chi connectivity index (χ2n) is 9.49. The molecule has 1 unspecified atom stereocenters. The van der Waals surface area contributed by atoms with Crippen molar-refractivity contribution in [1.29, 1.82) is 0 Å². The maximum atomic E-state index is 13.1. The molecule has 1 aliphatic rings. The molecular weight excluding hydrogens is 561 g/mol. The third-order valence-corrected chi connectivity index (χ3v) is 6.59. The van der Waals surface area contributed by atoms with Gasteiger partial charge in [0, 0.05) is 31.1 Å². The number of aryl methyl sites for hydroxylation is 1. The molecule has 4 aromatic rings. The van der Waals surface area contributed by atoms with Crippen LogP contribution in [0.4, 0.5) is 25.1 Å². The van der Waals surface area contributed by atoms with E-state index in [1.807, 2.05) is 4.90 Å². The minimum Gasteiger partial charge on any atom is -0.497 e. The van der Waals surface area contributed by atoms with E-state index >= 15 is 0 Å². The van der Waals surface area contributed by atoms with Crippen molar-refractivity contribution in [3.05, 3.63) is 36.0 Å². The van der Waals surface area contributed by atoms with Gasteiger partial charge in [-0.25, -0.2) is 19.7 Å². The molecule has 222 valence electrons. The van der Waals surface area contributed by atoms with Gasteiger partial charge >= 0.3 is 12.1 Å². The number of hydrogen-bond acceptors (Lipinski definition) is 12. The summed E-state index contributed by atoms with van der Waals surface area (Å²) in [4.78, 5) is 31.0. The fourth-order valence-corrected chi connectivity index (χ4v) is 4.51.